The lowest BCUT2D eigenvalue weighted by atomic mass is 10.0. The van der Waals surface area contributed by atoms with E-state index in [4.69, 9.17) is 4.98 Å². The Morgan fingerprint density at radius 2 is 1.40 bits per heavy atom. The zero-order valence-electron chi connectivity index (χ0n) is 16.3. The van der Waals surface area contributed by atoms with Crippen molar-refractivity contribution in [3.05, 3.63) is 84.9 Å². The predicted molar refractivity (Wildman–Crippen MR) is 128 cm³/mol. The molecule has 0 unspecified atom stereocenters. The maximum Gasteiger partial charge on any atom is 0.195 e. The molecule has 3 aromatic heterocycles. The fraction of sp³-hybridized carbons (Fsp3) is 0.0385. The van der Waals surface area contributed by atoms with Gasteiger partial charge in [-0.1, -0.05) is 53.8 Å². The highest BCUT2D eigenvalue weighted by atomic mass is 32.1. The number of thiazole rings is 1. The van der Waals surface area contributed by atoms with Gasteiger partial charge in [0.1, 0.15) is 0 Å². The summed E-state index contributed by atoms with van der Waals surface area (Å²) in [7, 11) is 2.14. The van der Waals surface area contributed by atoms with E-state index in [1.54, 1.807) is 11.3 Å². The molecule has 3 heterocycles. The van der Waals surface area contributed by atoms with Gasteiger partial charge < -0.3 is 4.57 Å². The summed E-state index contributed by atoms with van der Waals surface area (Å²) in [4.78, 5) is 5.86. The van der Waals surface area contributed by atoms with Crippen LogP contribution >= 0.6 is 11.3 Å². The Labute approximate surface area is 176 Å². The number of nitrogens with zero attached hydrogens (tertiary/aromatic N) is 3. The lowest BCUT2D eigenvalue weighted by Crippen LogP contribution is -1.86. The van der Waals surface area contributed by atoms with E-state index in [1.807, 2.05) is 6.07 Å². The van der Waals surface area contributed by atoms with Gasteiger partial charge in [0.15, 0.2) is 4.96 Å². The molecule has 3 nitrogen and oxygen atoms in total. The molecule has 30 heavy (non-hydrogen) atoms. The molecule has 0 saturated heterocycles. The first-order chi connectivity index (χ1) is 14.8. The zero-order valence-corrected chi connectivity index (χ0v) is 17.1. The van der Waals surface area contributed by atoms with Gasteiger partial charge in [0.2, 0.25) is 0 Å². The largest absolute Gasteiger partial charge is 0.344 e. The molecule has 7 aromatic rings. The molecule has 0 aliphatic heterocycles. The third-order valence-corrected chi connectivity index (χ3v) is 7.20. The molecule has 0 atom stereocenters. The number of hydrogen-bond donors (Lipinski definition) is 0. The Kier molecular flexibility index (Phi) is 3.08. The minimum atomic E-state index is 1.05. The van der Waals surface area contributed by atoms with Crippen molar-refractivity contribution in [2.75, 3.05) is 0 Å². The minimum absolute atomic E-state index is 1.05. The summed E-state index contributed by atoms with van der Waals surface area (Å²) in [6.45, 7) is 0. The standard InChI is InChI=1S/C26H17N3S/c1-28-21-8-4-2-6-18(21)19-14-16(10-12-22(19)28)17-11-13-25-24(15-17)29-23-9-5-3-7-20(23)27-26(29)30-25/h2-15H,1H3. The number of hydrogen-bond acceptors (Lipinski definition) is 2. The number of aryl methyl sites for hydroxylation is 1. The summed E-state index contributed by atoms with van der Waals surface area (Å²) >= 11 is 1.75. The average molecular weight is 404 g/mol. The van der Waals surface area contributed by atoms with Gasteiger partial charge in [-0.25, -0.2) is 4.98 Å². The molecule has 0 aliphatic rings. The van der Waals surface area contributed by atoms with Crippen molar-refractivity contribution < 1.29 is 0 Å². The number of fused-ring (bicyclic) bond motifs is 8. The first-order valence-corrected chi connectivity index (χ1v) is 10.9. The van der Waals surface area contributed by atoms with Gasteiger partial charge in [-0.15, -0.1) is 0 Å². The first-order valence-electron chi connectivity index (χ1n) is 10.1. The molecule has 0 saturated carbocycles. The van der Waals surface area contributed by atoms with E-state index in [1.165, 1.54) is 48.7 Å². The Morgan fingerprint density at radius 1 is 0.667 bits per heavy atom. The highest BCUT2D eigenvalue weighted by Crippen LogP contribution is 2.35. The van der Waals surface area contributed by atoms with Crippen LogP contribution < -0.4 is 0 Å². The van der Waals surface area contributed by atoms with Gasteiger partial charge in [0, 0.05) is 28.9 Å². The monoisotopic (exact) mass is 403 g/mol. The Morgan fingerprint density at radius 3 is 2.33 bits per heavy atom. The molecule has 0 radical (unpaired) electrons. The molecule has 7 rings (SSSR count). The van der Waals surface area contributed by atoms with E-state index in [2.05, 4.69) is 94.9 Å². The maximum absolute atomic E-state index is 4.81. The summed E-state index contributed by atoms with van der Waals surface area (Å²) in [5.74, 6) is 0. The molecule has 0 aliphatic carbocycles. The van der Waals surface area contributed by atoms with E-state index in [0.717, 1.165) is 10.5 Å². The molecule has 0 amide bonds. The first kappa shape index (κ1) is 16.2. The van der Waals surface area contributed by atoms with Crippen molar-refractivity contribution in [3.63, 3.8) is 0 Å². The second kappa shape index (κ2) is 5.71. The third-order valence-electron chi connectivity index (χ3n) is 6.18. The van der Waals surface area contributed by atoms with Crippen molar-refractivity contribution in [3.8, 4) is 11.1 Å². The van der Waals surface area contributed by atoms with Gasteiger partial charge >= 0.3 is 0 Å². The van der Waals surface area contributed by atoms with Gasteiger partial charge in [-0.05, 0) is 53.6 Å². The zero-order chi connectivity index (χ0) is 19.8. The molecule has 0 fully saturated rings. The van der Waals surface area contributed by atoms with E-state index in [0.29, 0.717) is 0 Å². The van der Waals surface area contributed by atoms with Crippen LogP contribution in [0.15, 0.2) is 84.9 Å². The highest BCUT2D eigenvalue weighted by molar-refractivity contribution is 7.23. The van der Waals surface area contributed by atoms with Crippen molar-refractivity contribution in [2.45, 2.75) is 0 Å². The maximum atomic E-state index is 4.81. The quantitative estimate of drug-likeness (QED) is 0.289. The molecule has 0 N–H and O–H groups in total. The SMILES string of the molecule is Cn1c2ccccc2c2cc(-c3ccc4sc5nc6ccccc6n5c4c3)ccc21. The van der Waals surface area contributed by atoms with Crippen molar-refractivity contribution >= 4 is 59.4 Å². The molecular weight excluding hydrogens is 386 g/mol. The summed E-state index contributed by atoms with van der Waals surface area (Å²) in [6.07, 6.45) is 0. The Balaban J connectivity index is 1.51. The van der Waals surface area contributed by atoms with Gasteiger partial charge in [-0.2, -0.15) is 0 Å². The van der Waals surface area contributed by atoms with Crippen LogP contribution in [-0.2, 0) is 7.05 Å². The van der Waals surface area contributed by atoms with Crippen LogP contribution in [0, 0.1) is 0 Å². The van der Waals surface area contributed by atoms with Crippen molar-refractivity contribution in [2.24, 2.45) is 7.05 Å². The average Bonchev–Trinajstić information content (AvgIpc) is 3.42. The minimum Gasteiger partial charge on any atom is -0.344 e. The number of benzene rings is 4. The Hall–Kier alpha value is -3.63. The van der Waals surface area contributed by atoms with Crippen molar-refractivity contribution in [1.82, 2.24) is 14.0 Å². The summed E-state index contributed by atoms with van der Waals surface area (Å²) in [5, 5.41) is 2.60. The molecule has 4 aromatic carbocycles. The second-order valence-corrected chi connectivity index (χ2v) is 8.82. The smallest absolute Gasteiger partial charge is 0.195 e. The fourth-order valence-corrected chi connectivity index (χ4v) is 5.73. The van der Waals surface area contributed by atoms with Gasteiger partial charge in [0.25, 0.3) is 0 Å². The number of aromatic nitrogens is 3. The number of rotatable bonds is 1. The summed E-state index contributed by atoms with van der Waals surface area (Å²) < 4.78 is 5.82. The number of imidazole rings is 1. The predicted octanol–water partition coefficient (Wildman–Crippen LogP) is 7.01. The number of para-hydroxylation sites is 3. The van der Waals surface area contributed by atoms with Crippen LogP contribution in [-0.4, -0.2) is 14.0 Å². The van der Waals surface area contributed by atoms with Gasteiger partial charge in [-0.3, -0.25) is 4.40 Å². The molecular formula is C26H17N3S. The van der Waals surface area contributed by atoms with E-state index >= 15 is 0 Å². The Bertz CT molecular complexity index is 1760. The molecule has 142 valence electrons. The van der Waals surface area contributed by atoms with Gasteiger partial charge in [0.05, 0.1) is 21.3 Å². The molecule has 0 spiro atoms. The van der Waals surface area contributed by atoms with Crippen LogP contribution in [0.1, 0.15) is 0 Å². The lowest BCUT2D eigenvalue weighted by molar-refractivity contribution is 1.01. The van der Waals surface area contributed by atoms with Crippen LogP contribution in [0.5, 0.6) is 0 Å². The fourth-order valence-electron chi connectivity index (χ4n) is 4.71. The third kappa shape index (κ3) is 2.06. The highest BCUT2D eigenvalue weighted by Gasteiger charge is 2.13. The normalized spacial score (nSPS) is 12.2. The van der Waals surface area contributed by atoms with Crippen LogP contribution in [0.3, 0.4) is 0 Å². The van der Waals surface area contributed by atoms with Crippen molar-refractivity contribution in [1.29, 1.82) is 0 Å². The molecule has 0 bridgehead atoms. The van der Waals surface area contributed by atoms with E-state index < -0.39 is 0 Å². The molecule has 4 heteroatoms. The lowest BCUT2D eigenvalue weighted by Gasteiger charge is -2.04. The van der Waals surface area contributed by atoms with Crippen LogP contribution in [0.25, 0.3) is 59.1 Å². The van der Waals surface area contributed by atoms with E-state index in [9.17, 15) is 0 Å². The topological polar surface area (TPSA) is 22.2 Å². The summed E-state index contributed by atoms with van der Waals surface area (Å²) in [5.41, 5.74) is 8.44. The summed E-state index contributed by atoms with van der Waals surface area (Å²) in [6, 6.07) is 30.5. The van der Waals surface area contributed by atoms with E-state index in [-0.39, 0.29) is 0 Å². The second-order valence-electron chi connectivity index (χ2n) is 7.81. The van der Waals surface area contributed by atoms with Crippen LogP contribution in [0.2, 0.25) is 0 Å². The van der Waals surface area contributed by atoms with Crippen LogP contribution in [0.4, 0.5) is 0 Å².